The maximum atomic E-state index is 13.9. The summed E-state index contributed by atoms with van der Waals surface area (Å²) in [7, 11) is -3.56. The van der Waals surface area contributed by atoms with E-state index in [4.69, 9.17) is 17.3 Å². The summed E-state index contributed by atoms with van der Waals surface area (Å²) in [6, 6.07) is 21.7. The van der Waals surface area contributed by atoms with Crippen molar-refractivity contribution in [3.8, 4) is 11.1 Å². The molecule has 1 aromatic heterocycles. The van der Waals surface area contributed by atoms with Gasteiger partial charge in [-0.05, 0) is 23.3 Å². The SMILES string of the molecule is CS(=O)(=O)c1ccccc1C1CSc2c(-c3ccccc3Cl)c(=O)n(CC(N)c3ccccc3)c(=O)n21. The fraction of sp³-hybridized carbons (Fsp3) is 0.185. The number of nitrogens with two attached hydrogens (primary N) is 1. The van der Waals surface area contributed by atoms with Crippen molar-refractivity contribution in [2.75, 3.05) is 12.0 Å². The van der Waals surface area contributed by atoms with Crippen LogP contribution in [-0.4, -0.2) is 29.6 Å². The predicted octanol–water partition coefficient (Wildman–Crippen LogP) is 4.13. The van der Waals surface area contributed by atoms with Gasteiger partial charge in [0.05, 0.1) is 28.1 Å². The molecular weight excluding hydrogens is 530 g/mol. The molecular formula is C27H24ClN3O4S2. The van der Waals surface area contributed by atoms with Crippen molar-refractivity contribution < 1.29 is 8.42 Å². The van der Waals surface area contributed by atoms with Crippen LogP contribution in [0.25, 0.3) is 11.1 Å². The summed E-state index contributed by atoms with van der Waals surface area (Å²) in [6.45, 7) is -0.0511. The number of fused-ring (bicyclic) bond motifs is 1. The Morgan fingerprint density at radius 2 is 1.65 bits per heavy atom. The third kappa shape index (κ3) is 4.68. The molecule has 0 radical (unpaired) electrons. The molecule has 7 nitrogen and oxygen atoms in total. The molecule has 190 valence electrons. The number of thioether (sulfide) groups is 1. The van der Waals surface area contributed by atoms with Crippen LogP contribution < -0.4 is 17.0 Å². The molecule has 2 heterocycles. The Bertz CT molecular complexity index is 1720. The Labute approximate surface area is 223 Å². The van der Waals surface area contributed by atoms with Gasteiger partial charge in [0.2, 0.25) is 0 Å². The molecule has 0 bridgehead atoms. The third-order valence-electron chi connectivity index (χ3n) is 6.45. The number of hydrogen-bond donors (Lipinski definition) is 1. The lowest BCUT2D eigenvalue weighted by Crippen LogP contribution is -2.44. The van der Waals surface area contributed by atoms with Crippen molar-refractivity contribution in [2.45, 2.75) is 28.5 Å². The zero-order valence-electron chi connectivity index (χ0n) is 19.9. The van der Waals surface area contributed by atoms with Crippen LogP contribution in [0, 0.1) is 0 Å². The third-order valence-corrected chi connectivity index (χ3v) is 9.10. The van der Waals surface area contributed by atoms with Crippen molar-refractivity contribution in [1.29, 1.82) is 0 Å². The van der Waals surface area contributed by atoms with Gasteiger partial charge in [-0.25, -0.2) is 13.2 Å². The summed E-state index contributed by atoms with van der Waals surface area (Å²) in [4.78, 5) is 28.0. The van der Waals surface area contributed by atoms with Gasteiger partial charge in [-0.3, -0.25) is 13.9 Å². The van der Waals surface area contributed by atoms with Crippen LogP contribution in [0.2, 0.25) is 5.02 Å². The molecule has 0 aliphatic carbocycles. The zero-order chi connectivity index (χ0) is 26.3. The van der Waals surface area contributed by atoms with E-state index < -0.39 is 33.2 Å². The van der Waals surface area contributed by atoms with Crippen LogP contribution in [-0.2, 0) is 16.4 Å². The van der Waals surface area contributed by atoms with Gasteiger partial charge in [0.1, 0.15) is 0 Å². The quantitative estimate of drug-likeness (QED) is 0.360. The van der Waals surface area contributed by atoms with Crippen molar-refractivity contribution in [2.24, 2.45) is 5.73 Å². The molecule has 2 atom stereocenters. The lowest BCUT2D eigenvalue weighted by Gasteiger charge is -2.21. The summed E-state index contributed by atoms with van der Waals surface area (Å²) in [5.74, 6) is 0.382. The fourth-order valence-electron chi connectivity index (χ4n) is 4.68. The van der Waals surface area contributed by atoms with Gasteiger partial charge in [-0.15, -0.1) is 11.8 Å². The summed E-state index contributed by atoms with van der Waals surface area (Å²) in [5, 5.41) is 0.835. The van der Waals surface area contributed by atoms with Gasteiger partial charge in [0.25, 0.3) is 5.56 Å². The van der Waals surface area contributed by atoms with Crippen LogP contribution in [0.15, 0.2) is 98.4 Å². The highest BCUT2D eigenvalue weighted by Gasteiger charge is 2.34. The Morgan fingerprint density at radius 1 is 1.00 bits per heavy atom. The average molecular weight is 554 g/mol. The molecule has 5 rings (SSSR count). The van der Waals surface area contributed by atoms with E-state index >= 15 is 0 Å². The normalized spacial score (nSPS) is 15.9. The first-order valence-electron chi connectivity index (χ1n) is 11.5. The summed E-state index contributed by atoms with van der Waals surface area (Å²) >= 11 is 7.85. The first-order chi connectivity index (χ1) is 17.7. The van der Waals surface area contributed by atoms with Crippen molar-refractivity contribution in [3.05, 3.63) is 116 Å². The highest BCUT2D eigenvalue weighted by Crippen LogP contribution is 2.42. The average Bonchev–Trinajstić information content (AvgIpc) is 3.32. The second-order valence-corrected chi connectivity index (χ2v) is 12.3. The fourth-order valence-corrected chi connectivity index (χ4v) is 7.20. The Hall–Kier alpha value is -3.11. The minimum atomic E-state index is -3.56. The number of halogens is 1. The van der Waals surface area contributed by atoms with E-state index in [1.54, 1.807) is 42.5 Å². The highest BCUT2D eigenvalue weighted by atomic mass is 35.5. The van der Waals surface area contributed by atoms with Crippen LogP contribution in [0.1, 0.15) is 23.2 Å². The topological polar surface area (TPSA) is 104 Å². The molecule has 2 N–H and O–H groups in total. The molecule has 10 heteroatoms. The lowest BCUT2D eigenvalue weighted by atomic mass is 10.1. The number of aromatic nitrogens is 2. The number of benzene rings is 3. The maximum absolute atomic E-state index is 13.9. The smallest absolute Gasteiger partial charge is 0.322 e. The summed E-state index contributed by atoms with van der Waals surface area (Å²) < 4.78 is 27.8. The minimum Gasteiger partial charge on any atom is -0.322 e. The number of nitrogens with zero attached hydrogens (tertiary/aromatic N) is 2. The molecule has 37 heavy (non-hydrogen) atoms. The highest BCUT2D eigenvalue weighted by molar-refractivity contribution is 7.99. The maximum Gasteiger partial charge on any atom is 0.332 e. The van der Waals surface area contributed by atoms with E-state index in [1.165, 1.54) is 22.4 Å². The van der Waals surface area contributed by atoms with Gasteiger partial charge in [0, 0.05) is 28.6 Å². The van der Waals surface area contributed by atoms with E-state index in [2.05, 4.69) is 0 Å². The van der Waals surface area contributed by atoms with Crippen LogP contribution >= 0.6 is 23.4 Å². The van der Waals surface area contributed by atoms with E-state index in [1.807, 2.05) is 30.3 Å². The van der Waals surface area contributed by atoms with E-state index in [0.717, 1.165) is 16.4 Å². The molecule has 4 aromatic rings. The first kappa shape index (κ1) is 25.5. The molecule has 0 fully saturated rings. The lowest BCUT2D eigenvalue weighted by molar-refractivity contribution is 0.475. The van der Waals surface area contributed by atoms with Crippen molar-refractivity contribution >= 4 is 33.2 Å². The molecule has 0 saturated heterocycles. The summed E-state index contributed by atoms with van der Waals surface area (Å²) in [6.07, 6.45) is 1.15. The van der Waals surface area contributed by atoms with Crippen LogP contribution in [0.3, 0.4) is 0 Å². The number of hydrogen-bond acceptors (Lipinski definition) is 6. The molecule has 0 amide bonds. The first-order valence-corrected chi connectivity index (χ1v) is 14.8. The molecule has 2 unspecified atom stereocenters. The monoisotopic (exact) mass is 553 g/mol. The second kappa shape index (κ2) is 9.98. The van der Waals surface area contributed by atoms with Crippen molar-refractivity contribution in [1.82, 2.24) is 9.13 Å². The van der Waals surface area contributed by atoms with Gasteiger partial charge in [-0.2, -0.15) is 0 Å². The molecule has 1 aliphatic rings. The van der Waals surface area contributed by atoms with Gasteiger partial charge in [0.15, 0.2) is 9.84 Å². The molecule has 0 saturated carbocycles. The van der Waals surface area contributed by atoms with Crippen molar-refractivity contribution in [3.63, 3.8) is 0 Å². The Morgan fingerprint density at radius 3 is 2.35 bits per heavy atom. The largest absolute Gasteiger partial charge is 0.332 e. The predicted molar refractivity (Wildman–Crippen MR) is 147 cm³/mol. The van der Waals surface area contributed by atoms with Gasteiger partial charge < -0.3 is 5.73 Å². The summed E-state index contributed by atoms with van der Waals surface area (Å²) in [5.41, 5.74) is 7.50. The zero-order valence-corrected chi connectivity index (χ0v) is 22.3. The van der Waals surface area contributed by atoms with Gasteiger partial charge >= 0.3 is 5.69 Å². The van der Waals surface area contributed by atoms with Crippen LogP contribution in [0.5, 0.6) is 0 Å². The minimum absolute atomic E-state index is 0.0511. The van der Waals surface area contributed by atoms with E-state index in [9.17, 15) is 18.0 Å². The molecule has 0 spiro atoms. The standard InChI is InChI=1S/C27H24ClN3O4S2/c1-37(34,35)23-14-8-6-12-19(23)22-16-36-26-24(18-11-5-7-13-20(18)28)25(32)30(27(33)31(22)26)15-21(29)17-9-3-2-4-10-17/h2-14,21-22H,15-16,29H2,1H3. The van der Waals surface area contributed by atoms with Crippen LogP contribution in [0.4, 0.5) is 0 Å². The molecule has 1 aliphatic heterocycles. The molecule has 3 aromatic carbocycles. The number of rotatable bonds is 6. The number of sulfone groups is 1. The second-order valence-electron chi connectivity index (χ2n) is 8.88. The van der Waals surface area contributed by atoms with E-state index in [0.29, 0.717) is 32.5 Å². The Kier molecular flexibility index (Phi) is 6.89. The Balaban J connectivity index is 1.77. The van der Waals surface area contributed by atoms with Gasteiger partial charge in [-0.1, -0.05) is 78.3 Å². The van der Waals surface area contributed by atoms with E-state index in [-0.39, 0.29) is 11.4 Å².